The van der Waals surface area contributed by atoms with E-state index >= 15 is 0 Å². The predicted octanol–water partition coefficient (Wildman–Crippen LogP) is 2.95. The summed E-state index contributed by atoms with van der Waals surface area (Å²) in [5.74, 6) is 0. The van der Waals surface area contributed by atoms with Crippen molar-refractivity contribution in [2.75, 3.05) is 12.5 Å². The minimum atomic E-state index is 0.619. The molecule has 0 unspecified atom stereocenters. The molecular formula is C15H18N2O. The zero-order chi connectivity index (χ0) is 12.6. The number of anilines is 1. The second-order valence-corrected chi connectivity index (χ2v) is 4.05. The molecule has 0 aromatic heterocycles. The van der Waals surface area contributed by atoms with E-state index in [0.29, 0.717) is 13.2 Å². The highest BCUT2D eigenvalue weighted by atomic mass is 16.5. The van der Waals surface area contributed by atoms with Gasteiger partial charge in [-0.2, -0.15) is 0 Å². The molecule has 3 nitrogen and oxygen atoms in total. The Labute approximate surface area is 108 Å². The first-order valence-electron chi connectivity index (χ1n) is 6.02. The van der Waals surface area contributed by atoms with Gasteiger partial charge >= 0.3 is 0 Å². The van der Waals surface area contributed by atoms with Crippen LogP contribution in [0.5, 0.6) is 0 Å². The number of hydrazine groups is 1. The van der Waals surface area contributed by atoms with Crippen LogP contribution in [0.2, 0.25) is 0 Å². The molecule has 0 aliphatic rings. The fraction of sp³-hybridized carbons (Fsp3) is 0.200. The maximum absolute atomic E-state index is 5.69. The largest absolute Gasteiger partial charge is 0.372 e. The predicted molar refractivity (Wildman–Crippen MR) is 74.1 cm³/mol. The number of nitrogens with one attached hydrogen (secondary N) is 2. The van der Waals surface area contributed by atoms with Crippen molar-refractivity contribution in [3.8, 4) is 0 Å². The summed E-state index contributed by atoms with van der Waals surface area (Å²) in [5.41, 5.74) is 9.35. The molecule has 2 aromatic rings. The maximum Gasteiger partial charge on any atom is 0.0722 e. The molecule has 0 amide bonds. The van der Waals surface area contributed by atoms with Crippen molar-refractivity contribution in [1.82, 2.24) is 5.43 Å². The van der Waals surface area contributed by atoms with E-state index < -0.39 is 0 Å². The molecule has 0 spiro atoms. The smallest absolute Gasteiger partial charge is 0.0722 e. The molecule has 0 heterocycles. The van der Waals surface area contributed by atoms with E-state index in [1.54, 1.807) is 0 Å². The molecule has 0 radical (unpaired) electrons. The van der Waals surface area contributed by atoms with Crippen LogP contribution in [-0.4, -0.2) is 7.05 Å². The zero-order valence-electron chi connectivity index (χ0n) is 10.5. The molecular weight excluding hydrogens is 224 g/mol. The monoisotopic (exact) mass is 242 g/mol. The van der Waals surface area contributed by atoms with Crippen LogP contribution in [-0.2, 0) is 18.0 Å². The highest BCUT2D eigenvalue weighted by Gasteiger charge is 1.96. The summed E-state index contributed by atoms with van der Waals surface area (Å²) in [5, 5.41) is 0. The second-order valence-electron chi connectivity index (χ2n) is 4.05. The number of rotatable bonds is 6. The highest BCUT2D eigenvalue weighted by Crippen LogP contribution is 2.11. The van der Waals surface area contributed by atoms with Crippen molar-refractivity contribution < 1.29 is 4.74 Å². The summed E-state index contributed by atoms with van der Waals surface area (Å²) in [7, 11) is 1.85. The van der Waals surface area contributed by atoms with Crippen LogP contribution in [0.1, 0.15) is 11.1 Å². The van der Waals surface area contributed by atoms with Gasteiger partial charge in [-0.1, -0.05) is 42.5 Å². The Kier molecular flexibility index (Phi) is 4.76. The molecule has 2 N–H and O–H groups in total. The van der Waals surface area contributed by atoms with Gasteiger partial charge in [0, 0.05) is 12.7 Å². The first-order chi connectivity index (χ1) is 8.88. The Morgan fingerprint density at radius 2 is 1.61 bits per heavy atom. The molecule has 2 aromatic carbocycles. The van der Waals surface area contributed by atoms with E-state index in [1.165, 1.54) is 5.56 Å². The topological polar surface area (TPSA) is 33.3 Å². The lowest BCUT2D eigenvalue weighted by atomic mass is 10.2. The Bertz CT molecular complexity index is 471. The van der Waals surface area contributed by atoms with Crippen molar-refractivity contribution in [3.05, 3.63) is 65.7 Å². The van der Waals surface area contributed by atoms with Crippen LogP contribution in [0.3, 0.4) is 0 Å². The molecule has 2 rings (SSSR count). The average molecular weight is 242 g/mol. The van der Waals surface area contributed by atoms with Gasteiger partial charge in [-0.15, -0.1) is 0 Å². The van der Waals surface area contributed by atoms with Crippen LogP contribution in [0.25, 0.3) is 0 Å². The van der Waals surface area contributed by atoms with Crippen LogP contribution in [0.15, 0.2) is 54.6 Å². The Morgan fingerprint density at radius 1 is 0.889 bits per heavy atom. The molecule has 0 atom stereocenters. The summed E-state index contributed by atoms with van der Waals surface area (Å²) >= 11 is 0. The van der Waals surface area contributed by atoms with Crippen LogP contribution >= 0.6 is 0 Å². The summed E-state index contributed by atoms with van der Waals surface area (Å²) in [6.45, 7) is 1.26. The summed E-state index contributed by atoms with van der Waals surface area (Å²) in [6.07, 6.45) is 0. The number of ether oxygens (including phenoxy) is 1. The van der Waals surface area contributed by atoms with Gasteiger partial charge < -0.3 is 10.2 Å². The van der Waals surface area contributed by atoms with E-state index in [9.17, 15) is 0 Å². The highest BCUT2D eigenvalue weighted by molar-refractivity contribution is 5.44. The first kappa shape index (κ1) is 12.6. The Morgan fingerprint density at radius 3 is 2.39 bits per heavy atom. The molecule has 0 aliphatic carbocycles. The third kappa shape index (κ3) is 3.87. The standard InChI is InChI=1S/C15H18N2O/c1-16-17-15-9-5-8-14(10-15)12-18-11-13-6-3-2-4-7-13/h2-10,16-17H,11-12H2,1H3. The van der Waals surface area contributed by atoms with Gasteiger partial charge in [0.1, 0.15) is 0 Å². The maximum atomic E-state index is 5.69. The third-order valence-electron chi connectivity index (χ3n) is 2.58. The van der Waals surface area contributed by atoms with Crippen molar-refractivity contribution in [3.63, 3.8) is 0 Å². The summed E-state index contributed by atoms with van der Waals surface area (Å²) < 4.78 is 5.69. The molecule has 94 valence electrons. The zero-order valence-corrected chi connectivity index (χ0v) is 10.5. The van der Waals surface area contributed by atoms with Crippen molar-refractivity contribution in [2.45, 2.75) is 13.2 Å². The van der Waals surface area contributed by atoms with Crippen molar-refractivity contribution in [2.24, 2.45) is 0 Å². The average Bonchev–Trinajstić information content (AvgIpc) is 2.41. The third-order valence-corrected chi connectivity index (χ3v) is 2.58. The van der Waals surface area contributed by atoms with Gasteiger partial charge in [0.05, 0.1) is 13.2 Å². The molecule has 0 bridgehead atoms. The SMILES string of the molecule is CNNc1cccc(COCc2ccccc2)c1. The molecule has 0 saturated carbocycles. The quantitative estimate of drug-likeness (QED) is 0.764. The summed E-state index contributed by atoms with van der Waals surface area (Å²) in [6, 6.07) is 18.4. The molecule has 0 saturated heterocycles. The van der Waals surface area contributed by atoms with E-state index in [1.807, 2.05) is 37.4 Å². The van der Waals surface area contributed by atoms with Crippen LogP contribution in [0, 0.1) is 0 Å². The minimum Gasteiger partial charge on any atom is -0.372 e. The lowest BCUT2D eigenvalue weighted by molar-refractivity contribution is 0.107. The van der Waals surface area contributed by atoms with E-state index in [2.05, 4.69) is 35.1 Å². The number of hydrogen-bond acceptors (Lipinski definition) is 3. The van der Waals surface area contributed by atoms with Gasteiger partial charge in [-0.25, -0.2) is 5.43 Å². The molecule has 0 fully saturated rings. The van der Waals surface area contributed by atoms with E-state index in [-0.39, 0.29) is 0 Å². The van der Waals surface area contributed by atoms with Gasteiger partial charge in [0.2, 0.25) is 0 Å². The number of hydrogen-bond donors (Lipinski definition) is 2. The Balaban J connectivity index is 1.84. The molecule has 3 heteroatoms. The van der Waals surface area contributed by atoms with Gasteiger partial charge in [-0.3, -0.25) is 0 Å². The second kappa shape index (κ2) is 6.79. The first-order valence-corrected chi connectivity index (χ1v) is 6.02. The lowest BCUT2D eigenvalue weighted by Crippen LogP contribution is -2.14. The van der Waals surface area contributed by atoms with Crippen LogP contribution in [0.4, 0.5) is 5.69 Å². The van der Waals surface area contributed by atoms with Crippen molar-refractivity contribution in [1.29, 1.82) is 0 Å². The van der Waals surface area contributed by atoms with Crippen molar-refractivity contribution >= 4 is 5.69 Å². The van der Waals surface area contributed by atoms with Crippen LogP contribution < -0.4 is 10.9 Å². The molecule has 18 heavy (non-hydrogen) atoms. The van der Waals surface area contributed by atoms with Gasteiger partial charge in [-0.05, 0) is 23.3 Å². The van der Waals surface area contributed by atoms with Gasteiger partial charge in [0.25, 0.3) is 0 Å². The molecule has 0 aliphatic heterocycles. The minimum absolute atomic E-state index is 0.619. The summed E-state index contributed by atoms with van der Waals surface area (Å²) in [4.78, 5) is 0. The van der Waals surface area contributed by atoms with E-state index in [4.69, 9.17) is 4.74 Å². The fourth-order valence-corrected chi connectivity index (χ4v) is 1.74. The lowest BCUT2D eigenvalue weighted by Gasteiger charge is -2.08. The normalized spacial score (nSPS) is 10.3. The van der Waals surface area contributed by atoms with Gasteiger partial charge in [0.15, 0.2) is 0 Å². The van der Waals surface area contributed by atoms with E-state index in [0.717, 1.165) is 11.3 Å². The Hall–Kier alpha value is -1.84. The number of benzene rings is 2. The fourth-order valence-electron chi connectivity index (χ4n) is 1.74.